The van der Waals surface area contributed by atoms with Crippen molar-refractivity contribution in [2.45, 2.75) is 26.7 Å². The van der Waals surface area contributed by atoms with Crippen molar-refractivity contribution in [3.05, 3.63) is 59.7 Å². The second-order valence-electron chi connectivity index (χ2n) is 6.01. The van der Waals surface area contributed by atoms with E-state index in [0.29, 0.717) is 17.4 Å². The molecule has 0 aliphatic heterocycles. The number of carbonyl (C=O) groups excluding carboxylic acids is 2. The van der Waals surface area contributed by atoms with Crippen LogP contribution >= 0.6 is 0 Å². The molecule has 0 atom stereocenters. The summed E-state index contributed by atoms with van der Waals surface area (Å²) >= 11 is 0. The average molecular weight is 341 g/mol. The van der Waals surface area contributed by atoms with Crippen molar-refractivity contribution in [3.63, 3.8) is 0 Å². The first-order valence-corrected chi connectivity index (χ1v) is 8.09. The van der Waals surface area contributed by atoms with Crippen molar-refractivity contribution < 1.29 is 14.3 Å². The molecule has 3 N–H and O–H groups in total. The van der Waals surface area contributed by atoms with E-state index in [-0.39, 0.29) is 6.61 Å². The molecule has 132 valence electrons. The van der Waals surface area contributed by atoms with Crippen molar-refractivity contribution in [3.8, 4) is 5.75 Å². The number of nitrogens with one attached hydrogen (secondary N) is 3. The third kappa shape index (κ3) is 6.18. The molecule has 0 aliphatic carbocycles. The maximum absolute atomic E-state index is 11.7. The number of ether oxygens (including phenoxy) is 1. The van der Waals surface area contributed by atoms with Crippen LogP contribution in [0.3, 0.4) is 0 Å². The largest absolute Gasteiger partial charge is 0.484 e. The van der Waals surface area contributed by atoms with E-state index < -0.39 is 11.9 Å². The summed E-state index contributed by atoms with van der Waals surface area (Å²) in [4.78, 5) is 23.4. The number of urea groups is 1. The second-order valence-corrected chi connectivity index (χ2v) is 6.01. The van der Waals surface area contributed by atoms with Gasteiger partial charge in [-0.25, -0.2) is 10.2 Å². The molecule has 0 bridgehead atoms. The molecular formula is C19H23N3O3. The molecule has 0 aliphatic rings. The van der Waals surface area contributed by atoms with Gasteiger partial charge in [-0.2, -0.15) is 0 Å². The predicted molar refractivity (Wildman–Crippen MR) is 97.5 cm³/mol. The minimum atomic E-state index is -0.529. The Morgan fingerprint density at radius 3 is 2.20 bits per heavy atom. The van der Waals surface area contributed by atoms with Crippen molar-refractivity contribution >= 4 is 17.6 Å². The first-order valence-electron chi connectivity index (χ1n) is 8.09. The van der Waals surface area contributed by atoms with Crippen LogP contribution in [0.5, 0.6) is 5.75 Å². The zero-order chi connectivity index (χ0) is 18.2. The van der Waals surface area contributed by atoms with Crippen LogP contribution in [0.25, 0.3) is 0 Å². The molecule has 0 aromatic heterocycles. The summed E-state index contributed by atoms with van der Waals surface area (Å²) < 4.78 is 5.38. The topological polar surface area (TPSA) is 79.5 Å². The Labute approximate surface area is 147 Å². The fourth-order valence-corrected chi connectivity index (χ4v) is 2.06. The number of hydrogen-bond acceptors (Lipinski definition) is 3. The minimum absolute atomic E-state index is 0.189. The predicted octanol–water partition coefficient (Wildman–Crippen LogP) is 3.35. The highest BCUT2D eigenvalue weighted by atomic mass is 16.5. The summed E-state index contributed by atoms with van der Waals surface area (Å²) in [6.07, 6.45) is 0. The molecule has 0 saturated heterocycles. The highest BCUT2D eigenvalue weighted by Gasteiger charge is 2.06. The SMILES string of the molecule is Cc1ccc(NC(=O)NNC(=O)COc2ccc(C(C)C)cc2)cc1. The van der Waals surface area contributed by atoms with Crippen LogP contribution in [0.1, 0.15) is 30.9 Å². The third-order valence-electron chi connectivity index (χ3n) is 3.54. The van der Waals surface area contributed by atoms with Crippen molar-refractivity contribution in [1.82, 2.24) is 10.9 Å². The summed E-state index contributed by atoms with van der Waals surface area (Å²) in [5.74, 6) is 0.587. The maximum atomic E-state index is 11.7. The normalized spacial score (nSPS) is 10.2. The van der Waals surface area contributed by atoms with Crippen LogP contribution in [-0.4, -0.2) is 18.5 Å². The quantitative estimate of drug-likeness (QED) is 0.730. The van der Waals surface area contributed by atoms with Gasteiger partial charge in [-0.3, -0.25) is 10.2 Å². The fourth-order valence-electron chi connectivity index (χ4n) is 2.06. The lowest BCUT2D eigenvalue weighted by Gasteiger charge is -2.11. The Bertz CT molecular complexity index is 710. The minimum Gasteiger partial charge on any atom is -0.484 e. The van der Waals surface area contributed by atoms with Crippen molar-refractivity contribution in [1.29, 1.82) is 0 Å². The van der Waals surface area contributed by atoms with E-state index in [9.17, 15) is 9.59 Å². The summed E-state index contributed by atoms with van der Waals surface area (Å²) in [5.41, 5.74) is 7.50. The lowest BCUT2D eigenvalue weighted by Crippen LogP contribution is -2.45. The van der Waals surface area contributed by atoms with Crippen LogP contribution in [0, 0.1) is 6.92 Å². The number of rotatable bonds is 5. The van der Waals surface area contributed by atoms with E-state index in [1.54, 1.807) is 12.1 Å². The number of aryl methyl sites for hydroxylation is 1. The number of hydrogen-bond donors (Lipinski definition) is 3. The molecule has 0 saturated carbocycles. The summed E-state index contributed by atoms with van der Waals surface area (Å²) in [6.45, 7) is 5.99. The first kappa shape index (κ1) is 18.3. The fraction of sp³-hybridized carbons (Fsp3) is 0.263. The Morgan fingerprint density at radius 1 is 0.960 bits per heavy atom. The van der Waals surface area contributed by atoms with E-state index in [0.717, 1.165) is 5.56 Å². The molecule has 2 aromatic carbocycles. The van der Waals surface area contributed by atoms with Crippen molar-refractivity contribution in [2.75, 3.05) is 11.9 Å². The summed E-state index contributed by atoms with van der Waals surface area (Å²) in [6, 6.07) is 14.4. The van der Waals surface area contributed by atoms with Crippen molar-refractivity contribution in [2.24, 2.45) is 0 Å². The van der Waals surface area contributed by atoms with E-state index in [1.165, 1.54) is 5.56 Å². The number of amides is 3. The van der Waals surface area contributed by atoms with Gasteiger partial charge in [0.1, 0.15) is 5.75 Å². The van der Waals surface area contributed by atoms with E-state index in [1.807, 2.05) is 43.3 Å². The molecule has 2 aromatic rings. The highest BCUT2D eigenvalue weighted by Crippen LogP contribution is 2.18. The van der Waals surface area contributed by atoms with Crippen LogP contribution in [0.15, 0.2) is 48.5 Å². The molecule has 25 heavy (non-hydrogen) atoms. The highest BCUT2D eigenvalue weighted by molar-refractivity contribution is 5.91. The van der Waals surface area contributed by atoms with Gasteiger partial charge in [-0.1, -0.05) is 43.7 Å². The number of benzene rings is 2. The van der Waals surface area contributed by atoms with Gasteiger partial charge in [0.05, 0.1) is 0 Å². The molecule has 6 heteroatoms. The number of anilines is 1. The Kier molecular flexibility index (Phi) is 6.39. The Balaban J connectivity index is 1.71. The zero-order valence-electron chi connectivity index (χ0n) is 14.6. The molecular weight excluding hydrogens is 318 g/mol. The van der Waals surface area contributed by atoms with Gasteiger partial charge in [0.15, 0.2) is 6.61 Å². The van der Waals surface area contributed by atoms with Crippen LogP contribution in [0.4, 0.5) is 10.5 Å². The molecule has 2 rings (SSSR count). The maximum Gasteiger partial charge on any atom is 0.337 e. The molecule has 0 fully saturated rings. The standard InChI is InChI=1S/C19H23N3O3/c1-13(2)15-6-10-17(11-7-15)25-12-18(23)21-22-19(24)20-16-8-4-14(3)5-9-16/h4-11,13H,12H2,1-3H3,(H,21,23)(H2,20,22,24). The Morgan fingerprint density at radius 2 is 1.60 bits per heavy atom. The van der Waals surface area contributed by atoms with E-state index in [2.05, 4.69) is 30.0 Å². The molecule has 0 heterocycles. The van der Waals surface area contributed by atoms with Crippen LogP contribution in [0.2, 0.25) is 0 Å². The van der Waals surface area contributed by atoms with Gasteiger partial charge >= 0.3 is 6.03 Å². The van der Waals surface area contributed by atoms with Gasteiger partial charge < -0.3 is 10.1 Å². The Hall–Kier alpha value is -3.02. The number of carbonyl (C=O) groups is 2. The average Bonchev–Trinajstić information content (AvgIpc) is 2.60. The molecule has 6 nitrogen and oxygen atoms in total. The number of hydrazine groups is 1. The molecule has 0 unspecified atom stereocenters. The van der Waals surface area contributed by atoms with Gasteiger partial charge in [-0.15, -0.1) is 0 Å². The van der Waals surface area contributed by atoms with Crippen LogP contribution < -0.4 is 20.9 Å². The van der Waals surface area contributed by atoms with Crippen LogP contribution in [-0.2, 0) is 4.79 Å². The summed E-state index contributed by atoms with van der Waals surface area (Å²) in [5, 5.41) is 2.61. The lowest BCUT2D eigenvalue weighted by atomic mass is 10.0. The molecule has 3 amide bonds. The monoisotopic (exact) mass is 341 g/mol. The third-order valence-corrected chi connectivity index (χ3v) is 3.54. The van der Waals surface area contributed by atoms with Gasteiger partial charge in [0.25, 0.3) is 5.91 Å². The summed E-state index contributed by atoms with van der Waals surface area (Å²) in [7, 11) is 0. The van der Waals surface area contributed by atoms with Gasteiger partial charge in [-0.05, 0) is 42.7 Å². The first-order chi connectivity index (χ1) is 11.9. The smallest absolute Gasteiger partial charge is 0.337 e. The van der Waals surface area contributed by atoms with Gasteiger partial charge in [0, 0.05) is 5.69 Å². The molecule has 0 radical (unpaired) electrons. The lowest BCUT2D eigenvalue weighted by molar-refractivity contribution is -0.123. The van der Waals surface area contributed by atoms with Gasteiger partial charge in [0.2, 0.25) is 0 Å². The molecule has 0 spiro atoms. The second kappa shape index (κ2) is 8.73. The van der Waals surface area contributed by atoms with E-state index >= 15 is 0 Å². The van der Waals surface area contributed by atoms with E-state index in [4.69, 9.17) is 4.74 Å². The zero-order valence-corrected chi connectivity index (χ0v) is 14.6.